The van der Waals surface area contributed by atoms with E-state index in [-0.39, 0.29) is 0 Å². The second-order valence-corrected chi connectivity index (χ2v) is 8.47. The Labute approximate surface area is 127 Å². The van der Waals surface area contributed by atoms with Gasteiger partial charge in [-0.3, -0.25) is 4.90 Å². The maximum atomic E-state index is 11.6. The van der Waals surface area contributed by atoms with E-state index in [0.29, 0.717) is 23.5 Å². The van der Waals surface area contributed by atoms with Gasteiger partial charge in [0.1, 0.15) is 0 Å². The van der Waals surface area contributed by atoms with E-state index in [1.165, 1.54) is 18.4 Å². The fourth-order valence-corrected chi connectivity index (χ4v) is 5.28. The summed E-state index contributed by atoms with van der Waals surface area (Å²) in [7, 11) is -2.75. The van der Waals surface area contributed by atoms with Crippen molar-refractivity contribution >= 4 is 15.9 Å². The molecule has 21 heavy (non-hydrogen) atoms. The summed E-state index contributed by atoms with van der Waals surface area (Å²) in [5, 5.41) is 0. The van der Waals surface area contributed by atoms with Gasteiger partial charge in [0.2, 0.25) is 0 Å². The number of sulfone groups is 1. The van der Waals surface area contributed by atoms with Crippen molar-refractivity contribution in [3.8, 4) is 0 Å². The normalized spacial score (nSPS) is 29.3. The quantitative estimate of drug-likeness (QED) is 0.858. The summed E-state index contributed by atoms with van der Waals surface area (Å²) in [4.78, 5) is 2.46. The van der Waals surface area contributed by atoms with Crippen molar-refractivity contribution in [2.24, 2.45) is 5.92 Å². The van der Waals surface area contributed by atoms with Crippen LogP contribution in [-0.4, -0.2) is 44.0 Å². The lowest BCUT2D eigenvalue weighted by atomic mass is 10.1. The van der Waals surface area contributed by atoms with Crippen molar-refractivity contribution in [1.82, 2.24) is 4.90 Å². The Morgan fingerprint density at radius 3 is 2.71 bits per heavy atom. The number of hydrogen-bond acceptors (Lipinski definition) is 3. The molecule has 0 aliphatic carbocycles. The monoisotopic (exact) mass is 305 g/mol. The average Bonchev–Trinajstić information content (AvgIpc) is 3.04. The molecule has 2 fully saturated rings. The Bertz CT molecular complexity index is 594. The summed E-state index contributed by atoms with van der Waals surface area (Å²) in [5.74, 6) is 1.11. The van der Waals surface area contributed by atoms with Crippen LogP contribution in [0.1, 0.15) is 24.8 Å². The van der Waals surface area contributed by atoms with Crippen molar-refractivity contribution in [3.63, 3.8) is 0 Å². The molecule has 1 aromatic carbocycles. The number of benzene rings is 1. The predicted molar refractivity (Wildman–Crippen MR) is 86.8 cm³/mol. The van der Waals surface area contributed by atoms with Gasteiger partial charge in [-0.1, -0.05) is 42.5 Å². The molecule has 0 spiro atoms. The third-order valence-electron chi connectivity index (χ3n) is 4.54. The van der Waals surface area contributed by atoms with Gasteiger partial charge < -0.3 is 0 Å². The maximum Gasteiger partial charge on any atom is 0.150 e. The Hall–Kier alpha value is -1.13. The van der Waals surface area contributed by atoms with Crippen LogP contribution in [0, 0.1) is 5.92 Å². The van der Waals surface area contributed by atoms with E-state index in [0.717, 1.165) is 19.5 Å². The summed E-state index contributed by atoms with van der Waals surface area (Å²) in [6.45, 7) is 2.03. The zero-order valence-electron chi connectivity index (χ0n) is 12.3. The molecule has 4 heteroatoms. The van der Waals surface area contributed by atoms with Gasteiger partial charge >= 0.3 is 0 Å². The first-order valence-electron chi connectivity index (χ1n) is 7.80. The van der Waals surface area contributed by atoms with Gasteiger partial charge in [0.25, 0.3) is 0 Å². The maximum absolute atomic E-state index is 11.6. The van der Waals surface area contributed by atoms with Crippen LogP contribution in [0.2, 0.25) is 0 Å². The van der Waals surface area contributed by atoms with Crippen LogP contribution < -0.4 is 0 Å². The van der Waals surface area contributed by atoms with Gasteiger partial charge in [0.05, 0.1) is 11.5 Å². The zero-order chi connectivity index (χ0) is 14.7. The van der Waals surface area contributed by atoms with E-state index >= 15 is 0 Å². The summed E-state index contributed by atoms with van der Waals surface area (Å²) < 4.78 is 23.1. The first kappa shape index (κ1) is 14.8. The zero-order valence-corrected chi connectivity index (χ0v) is 13.1. The Balaban J connectivity index is 1.59. The smallest absolute Gasteiger partial charge is 0.150 e. The van der Waals surface area contributed by atoms with Gasteiger partial charge in [0.15, 0.2) is 9.84 Å². The summed E-state index contributed by atoms with van der Waals surface area (Å²) in [5.41, 5.74) is 1.23. The number of hydrogen-bond donors (Lipinski definition) is 0. The van der Waals surface area contributed by atoms with Crippen LogP contribution in [0.15, 0.2) is 36.4 Å². The van der Waals surface area contributed by atoms with E-state index in [1.807, 2.05) is 6.07 Å². The van der Waals surface area contributed by atoms with Crippen LogP contribution in [0.5, 0.6) is 0 Å². The van der Waals surface area contributed by atoms with E-state index in [1.54, 1.807) is 0 Å². The molecule has 0 aromatic heterocycles. The van der Waals surface area contributed by atoms with Crippen LogP contribution in [-0.2, 0) is 9.84 Å². The molecule has 1 aromatic rings. The van der Waals surface area contributed by atoms with Crippen LogP contribution in [0.3, 0.4) is 0 Å². The molecule has 0 radical (unpaired) electrons. The number of nitrogens with zero attached hydrogens (tertiary/aromatic N) is 1. The lowest BCUT2D eigenvalue weighted by Crippen LogP contribution is -2.33. The lowest BCUT2D eigenvalue weighted by molar-refractivity contribution is 0.252. The molecule has 0 bridgehead atoms. The predicted octanol–water partition coefficient (Wildman–Crippen LogP) is 2.60. The molecule has 2 heterocycles. The molecule has 2 aliphatic rings. The minimum atomic E-state index is -2.75. The molecule has 0 amide bonds. The molecule has 2 saturated heterocycles. The molecular weight excluding hydrogens is 282 g/mol. The SMILES string of the molecule is O=S1(=O)CC[C@H](CN2CCC[C@H]2/C=C/c2ccccc2)C1. The van der Waals surface area contributed by atoms with E-state index in [9.17, 15) is 8.42 Å². The molecule has 3 rings (SSSR count). The third kappa shape index (κ3) is 3.95. The van der Waals surface area contributed by atoms with Crippen LogP contribution >= 0.6 is 0 Å². The standard InChI is InChI=1S/C17H23NO2S/c19-21(20)12-10-16(14-21)13-18-11-4-7-17(18)9-8-15-5-2-1-3-6-15/h1-3,5-6,8-9,16-17H,4,7,10-14H2/b9-8+/t16-,17+/m1/s1. The van der Waals surface area contributed by atoms with Crippen molar-refractivity contribution < 1.29 is 8.42 Å². The Morgan fingerprint density at radius 1 is 1.19 bits per heavy atom. The highest BCUT2D eigenvalue weighted by atomic mass is 32.2. The minimum absolute atomic E-state index is 0.334. The molecule has 0 N–H and O–H groups in total. The molecule has 3 nitrogen and oxygen atoms in total. The topological polar surface area (TPSA) is 37.4 Å². The highest BCUT2D eigenvalue weighted by molar-refractivity contribution is 7.91. The van der Waals surface area contributed by atoms with Gasteiger partial charge in [-0.15, -0.1) is 0 Å². The van der Waals surface area contributed by atoms with Crippen LogP contribution in [0.4, 0.5) is 0 Å². The van der Waals surface area contributed by atoms with Crippen molar-refractivity contribution in [3.05, 3.63) is 42.0 Å². The van der Waals surface area contributed by atoms with E-state index in [2.05, 4.69) is 41.3 Å². The summed E-state index contributed by atoms with van der Waals surface area (Å²) >= 11 is 0. The molecular formula is C17H23NO2S. The molecule has 2 aliphatic heterocycles. The van der Waals surface area contributed by atoms with Crippen LogP contribution in [0.25, 0.3) is 6.08 Å². The summed E-state index contributed by atoms with van der Waals surface area (Å²) in [6.07, 6.45) is 7.71. The minimum Gasteiger partial charge on any atom is -0.297 e. The molecule has 2 atom stereocenters. The van der Waals surface area contributed by atoms with Gasteiger partial charge in [0, 0.05) is 12.6 Å². The highest BCUT2D eigenvalue weighted by Crippen LogP contribution is 2.25. The third-order valence-corrected chi connectivity index (χ3v) is 6.38. The van der Waals surface area contributed by atoms with Gasteiger partial charge in [-0.2, -0.15) is 0 Å². The second kappa shape index (κ2) is 6.32. The first-order chi connectivity index (χ1) is 10.1. The molecule has 0 saturated carbocycles. The first-order valence-corrected chi connectivity index (χ1v) is 9.62. The largest absolute Gasteiger partial charge is 0.297 e. The highest BCUT2D eigenvalue weighted by Gasteiger charge is 2.32. The van der Waals surface area contributed by atoms with Gasteiger partial charge in [-0.25, -0.2) is 8.42 Å². The fraction of sp³-hybridized carbons (Fsp3) is 0.529. The molecule has 114 valence electrons. The average molecular weight is 305 g/mol. The van der Waals surface area contributed by atoms with E-state index in [4.69, 9.17) is 0 Å². The lowest BCUT2D eigenvalue weighted by Gasteiger charge is -2.24. The van der Waals surface area contributed by atoms with Crippen molar-refractivity contribution in [1.29, 1.82) is 0 Å². The second-order valence-electron chi connectivity index (χ2n) is 6.24. The number of rotatable bonds is 4. The Morgan fingerprint density at radius 2 is 2.00 bits per heavy atom. The summed E-state index contributed by atoms with van der Waals surface area (Å²) in [6, 6.07) is 10.8. The molecule has 0 unspecified atom stereocenters. The van der Waals surface area contributed by atoms with Crippen molar-refractivity contribution in [2.75, 3.05) is 24.6 Å². The van der Waals surface area contributed by atoms with E-state index < -0.39 is 9.84 Å². The fourth-order valence-electron chi connectivity index (χ4n) is 3.43. The van der Waals surface area contributed by atoms with Gasteiger partial charge in [-0.05, 0) is 37.3 Å². The Kier molecular flexibility index (Phi) is 4.45. The number of likely N-dealkylation sites (tertiary alicyclic amines) is 1. The van der Waals surface area contributed by atoms with Crippen molar-refractivity contribution in [2.45, 2.75) is 25.3 Å².